The molecule has 25 heavy (non-hydrogen) atoms. The monoisotopic (exact) mass is 339 g/mol. The summed E-state index contributed by atoms with van der Waals surface area (Å²) in [5, 5.41) is 8.81. The number of ether oxygens (including phenoxy) is 1. The molecule has 0 radical (unpaired) electrons. The van der Waals surface area contributed by atoms with Crippen LogP contribution in [0.4, 0.5) is 17.1 Å². The van der Waals surface area contributed by atoms with Gasteiger partial charge in [0.15, 0.2) is 0 Å². The molecular formula is C19H21N3O3. The molecule has 1 unspecified atom stereocenters. The van der Waals surface area contributed by atoms with Crippen molar-refractivity contribution in [3.63, 3.8) is 0 Å². The second-order valence-electron chi connectivity index (χ2n) is 6.15. The van der Waals surface area contributed by atoms with Gasteiger partial charge in [-0.2, -0.15) is 0 Å². The van der Waals surface area contributed by atoms with Gasteiger partial charge >= 0.3 is 0 Å². The highest BCUT2D eigenvalue weighted by Crippen LogP contribution is 2.30. The van der Waals surface area contributed by atoms with Crippen molar-refractivity contribution in [1.29, 1.82) is 0 Å². The van der Waals surface area contributed by atoms with Crippen molar-refractivity contribution in [3.05, 3.63) is 47.5 Å². The first-order valence-electron chi connectivity index (χ1n) is 8.09. The molecule has 6 heteroatoms. The van der Waals surface area contributed by atoms with Crippen molar-refractivity contribution < 1.29 is 14.3 Å². The average molecular weight is 339 g/mol. The Hall–Kier alpha value is -3.02. The molecule has 2 amide bonds. The van der Waals surface area contributed by atoms with Gasteiger partial charge in [-0.3, -0.25) is 9.59 Å². The summed E-state index contributed by atoms with van der Waals surface area (Å²) in [6, 6.07) is 10.4. The molecule has 0 bridgehead atoms. The van der Waals surface area contributed by atoms with Gasteiger partial charge in [0.25, 0.3) is 0 Å². The molecule has 1 atom stereocenters. The number of benzene rings is 2. The second-order valence-corrected chi connectivity index (χ2v) is 6.15. The lowest BCUT2D eigenvalue weighted by atomic mass is 10.0. The lowest BCUT2D eigenvalue weighted by Crippen LogP contribution is -2.41. The Morgan fingerprint density at radius 3 is 2.40 bits per heavy atom. The Balaban J connectivity index is 1.66. The van der Waals surface area contributed by atoms with Gasteiger partial charge in [0.2, 0.25) is 11.8 Å². The van der Waals surface area contributed by atoms with Gasteiger partial charge in [0, 0.05) is 5.69 Å². The molecule has 130 valence electrons. The molecule has 0 aromatic heterocycles. The molecular weight excluding hydrogens is 318 g/mol. The molecule has 2 aromatic rings. The standard InChI is InChI=1S/C19H21N3O3/c1-11-8-15-16(9-12(11)2)22-19(24)17(21-15)10-18(23)20-13-4-6-14(25-3)7-5-13/h4-9,17,21H,10H2,1-3H3,(H,20,23)(H,22,24). The molecule has 3 N–H and O–H groups in total. The largest absolute Gasteiger partial charge is 0.497 e. The maximum Gasteiger partial charge on any atom is 0.247 e. The highest BCUT2D eigenvalue weighted by atomic mass is 16.5. The number of hydrogen-bond acceptors (Lipinski definition) is 4. The fourth-order valence-electron chi connectivity index (χ4n) is 2.73. The minimum absolute atomic E-state index is 0.0459. The van der Waals surface area contributed by atoms with Crippen molar-refractivity contribution in [1.82, 2.24) is 0 Å². The molecule has 0 saturated heterocycles. The van der Waals surface area contributed by atoms with Crippen molar-refractivity contribution in [3.8, 4) is 5.75 Å². The van der Waals surface area contributed by atoms with E-state index in [0.29, 0.717) is 11.4 Å². The van der Waals surface area contributed by atoms with Gasteiger partial charge in [-0.25, -0.2) is 0 Å². The Kier molecular flexibility index (Phi) is 4.61. The predicted molar refractivity (Wildman–Crippen MR) is 98.2 cm³/mol. The van der Waals surface area contributed by atoms with Crippen LogP contribution in [0.5, 0.6) is 5.75 Å². The van der Waals surface area contributed by atoms with Gasteiger partial charge in [0.1, 0.15) is 11.8 Å². The zero-order chi connectivity index (χ0) is 18.0. The maximum atomic E-state index is 12.3. The zero-order valence-corrected chi connectivity index (χ0v) is 14.5. The van der Waals surface area contributed by atoms with Crippen LogP contribution in [0.25, 0.3) is 0 Å². The number of methoxy groups -OCH3 is 1. The first kappa shape index (κ1) is 16.8. The van der Waals surface area contributed by atoms with Gasteiger partial charge in [-0.15, -0.1) is 0 Å². The van der Waals surface area contributed by atoms with Crippen molar-refractivity contribution in [2.75, 3.05) is 23.1 Å². The number of carbonyl (C=O) groups is 2. The SMILES string of the molecule is COc1ccc(NC(=O)CC2Nc3cc(C)c(C)cc3NC2=O)cc1. The van der Waals surface area contributed by atoms with E-state index in [-0.39, 0.29) is 18.2 Å². The summed E-state index contributed by atoms with van der Waals surface area (Å²) in [7, 11) is 1.59. The van der Waals surface area contributed by atoms with Crippen LogP contribution in [0.15, 0.2) is 36.4 Å². The third-order valence-electron chi connectivity index (χ3n) is 4.30. The smallest absolute Gasteiger partial charge is 0.247 e. The van der Waals surface area contributed by atoms with Gasteiger partial charge in [0.05, 0.1) is 24.9 Å². The van der Waals surface area contributed by atoms with Crippen molar-refractivity contribution >= 4 is 28.9 Å². The summed E-state index contributed by atoms with van der Waals surface area (Å²) in [5.74, 6) is 0.277. The minimum atomic E-state index is -0.604. The minimum Gasteiger partial charge on any atom is -0.497 e. The molecule has 1 heterocycles. The highest BCUT2D eigenvalue weighted by Gasteiger charge is 2.27. The Morgan fingerprint density at radius 2 is 1.76 bits per heavy atom. The molecule has 2 aromatic carbocycles. The molecule has 1 aliphatic rings. The summed E-state index contributed by atoms with van der Waals surface area (Å²) in [5.41, 5.74) is 4.49. The molecule has 6 nitrogen and oxygen atoms in total. The summed E-state index contributed by atoms with van der Waals surface area (Å²) < 4.78 is 5.09. The predicted octanol–water partition coefficient (Wildman–Crippen LogP) is 3.07. The first-order valence-corrected chi connectivity index (χ1v) is 8.09. The van der Waals surface area contributed by atoms with Crippen LogP contribution < -0.4 is 20.7 Å². The van der Waals surface area contributed by atoms with Gasteiger partial charge in [-0.05, 0) is 61.4 Å². The third-order valence-corrected chi connectivity index (χ3v) is 4.30. The van der Waals surface area contributed by atoms with Crippen LogP contribution in [0.2, 0.25) is 0 Å². The van der Waals surface area contributed by atoms with Crippen molar-refractivity contribution in [2.24, 2.45) is 0 Å². The lowest BCUT2D eigenvalue weighted by molar-refractivity contribution is -0.122. The fourth-order valence-corrected chi connectivity index (χ4v) is 2.73. The number of amides is 2. The van der Waals surface area contributed by atoms with E-state index in [1.165, 1.54) is 0 Å². The molecule has 3 rings (SSSR count). The van der Waals surface area contributed by atoms with E-state index in [9.17, 15) is 9.59 Å². The van der Waals surface area contributed by atoms with Crippen LogP contribution in [0.1, 0.15) is 17.5 Å². The van der Waals surface area contributed by atoms with Crippen LogP contribution in [0, 0.1) is 13.8 Å². The van der Waals surface area contributed by atoms with E-state index in [4.69, 9.17) is 4.74 Å². The van der Waals surface area contributed by atoms with E-state index in [0.717, 1.165) is 22.5 Å². The number of carbonyl (C=O) groups excluding carboxylic acids is 2. The van der Waals surface area contributed by atoms with E-state index < -0.39 is 6.04 Å². The Labute approximate surface area is 146 Å². The average Bonchev–Trinajstić information content (AvgIpc) is 2.58. The molecule has 0 fully saturated rings. The number of rotatable bonds is 4. The number of anilines is 3. The summed E-state index contributed by atoms with van der Waals surface area (Å²) >= 11 is 0. The fraction of sp³-hybridized carbons (Fsp3) is 0.263. The highest BCUT2D eigenvalue weighted by molar-refractivity contribution is 6.06. The summed E-state index contributed by atoms with van der Waals surface area (Å²) in [4.78, 5) is 24.5. The van der Waals surface area contributed by atoms with E-state index in [1.54, 1.807) is 31.4 Å². The topological polar surface area (TPSA) is 79.5 Å². The molecule has 0 saturated carbocycles. The van der Waals surface area contributed by atoms with E-state index in [2.05, 4.69) is 16.0 Å². The lowest BCUT2D eigenvalue weighted by Gasteiger charge is -2.27. The maximum absolute atomic E-state index is 12.3. The van der Waals surface area contributed by atoms with Crippen LogP contribution in [0.3, 0.4) is 0 Å². The van der Waals surface area contributed by atoms with Gasteiger partial charge in [-0.1, -0.05) is 0 Å². The first-order chi connectivity index (χ1) is 12.0. The zero-order valence-electron chi connectivity index (χ0n) is 14.5. The third kappa shape index (κ3) is 3.74. The Bertz CT molecular complexity index is 815. The second kappa shape index (κ2) is 6.84. The quantitative estimate of drug-likeness (QED) is 0.800. The summed E-state index contributed by atoms with van der Waals surface area (Å²) in [6.07, 6.45) is 0.0459. The van der Waals surface area contributed by atoms with E-state index in [1.807, 2.05) is 26.0 Å². The van der Waals surface area contributed by atoms with Crippen molar-refractivity contribution in [2.45, 2.75) is 26.3 Å². The number of nitrogens with one attached hydrogen (secondary N) is 3. The van der Waals surface area contributed by atoms with E-state index >= 15 is 0 Å². The summed E-state index contributed by atoms with van der Waals surface area (Å²) in [6.45, 7) is 4.01. The number of aryl methyl sites for hydroxylation is 2. The molecule has 0 aliphatic carbocycles. The van der Waals surface area contributed by atoms with Crippen LogP contribution in [-0.2, 0) is 9.59 Å². The Morgan fingerprint density at radius 1 is 1.12 bits per heavy atom. The molecule has 0 spiro atoms. The van der Waals surface area contributed by atoms with Crippen LogP contribution in [-0.4, -0.2) is 25.0 Å². The molecule has 1 aliphatic heterocycles. The normalized spacial score (nSPS) is 15.6. The van der Waals surface area contributed by atoms with Crippen LogP contribution >= 0.6 is 0 Å². The van der Waals surface area contributed by atoms with Gasteiger partial charge < -0.3 is 20.7 Å². The number of hydrogen-bond donors (Lipinski definition) is 3. The number of fused-ring (bicyclic) bond motifs is 1.